The zero-order valence-corrected chi connectivity index (χ0v) is 7.56. The highest BCUT2D eigenvalue weighted by atomic mass is 32.1. The summed E-state index contributed by atoms with van der Waals surface area (Å²) < 4.78 is 5.24. The van der Waals surface area contributed by atoms with Crippen molar-refractivity contribution < 1.29 is 9.53 Å². The molecule has 4 heteroatoms. The molecule has 3 nitrogen and oxygen atoms in total. The molecule has 1 N–H and O–H groups in total. The standard InChI is InChI=1S/C9H7NO2S/c11-5-6-2-1-3-8-7(6)4-10-9(13)12-8/h1-3,5H,4H2,(H,10,13). The number of rotatable bonds is 1. The molecule has 0 radical (unpaired) electrons. The molecule has 0 aliphatic carbocycles. The summed E-state index contributed by atoms with van der Waals surface area (Å²) in [5.74, 6) is 0.674. The van der Waals surface area contributed by atoms with Crippen LogP contribution in [0.25, 0.3) is 0 Å². The van der Waals surface area contributed by atoms with E-state index in [4.69, 9.17) is 17.0 Å². The largest absolute Gasteiger partial charge is 0.432 e. The lowest BCUT2D eigenvalue weighted by atomic mass is 10.1. The molecule has 0 atom stereocenters. The fourth-order valence-electron chi connectivity index (χ4n) is 1.27. The van der Waals surface area contributed by atoms with Crippen LogP contribution < -0.4 is 10.1 Å². The molecule has 1 heterocycles. The maximum Gasteiger partial charge on any atom is 0.262 e. The third kappa shape index (κ3) is 1.40. The Bertz CT molecular complexity index is 376. The van der Waals surface area contributed by atoms with Gasteiger partial charge in [-0.2, -0.15) is 0 Å². The summed E-state index contributed by atoms with van der Waals surface area (Å²) in [5, 5.41) is 3.22. The van der Waals surface area contributed by atoms with Gasteiger partial charge in [-0.15, -0.1) is 0 Å². The topological polar surface area (TPSA) is 38.3 Å². The summed E-state index contributed by atoms with van der Waals surface area (Å²) in [6.07, 6.45) is 0.818. The van der Waals surface area contributed by atoms with Crippen molar-refractivity contribution in [2.75, 3.05) is 0 Å². The summed E-state index contributed by atoms with van der Waals surface area (Å²) in [4.78, 5) is 10.6. The number of carbonyl (C=O) groups excluding carboxylic acids is 1. The highest BCUT2D eigenvalue weighted by molar-refractivity contribution is 7.80. The normalized spacial score (nSPS) is 14.0. The van der Waals surface area contributed by atoms with Gasteiger partial charge in [-0.25, -0.2) is 0 Å². The summed E-state index contributed by atoms with van der Waals surface area (Å²) in [7, 11) is 0. The molecule has 1 aliphatic heterocycles. The number of fused-ring (bicyclic) bond motifs is 1. The van der Waals surface area contributed by atoms with E-state index in [1.165, 1.54) is 0 Å². The van der Waals surface area contributed by atoms with Crippen LogP contribution in [-0.4, -0.2) is 11.5 Å². The number of ether oxygens (including phenoxy) is 1. The van der Waals surface area contributed by atoms with Crippen LogP contribution in [0.3, 0.4) is 0 Å². The average molecular weight is 193 g/mol. The number of hydrogen-bond donors (Lipinski definition) is 1. The van der Waals surface area contributed by atoms with E-state index in [-0.39, 0.29) is 0 Å². The SMILES string of the molecule is O=Cc1cccc2c1CNC(=S)O2. The Morgan fingerprint density at radius 2 is 2.38 bits per heavy atom. The van der Waals surface area contributed by atoms with Gasteiger partial charge in [0.25, 0.3) is 5.17 Å². The molecule has 13 heavy (non-hydrogen) atoms. The Hall–Kier alpha value is -1.42. The van der Waals surface area contributed by atoms with Crippen molar-refractivity contribution in [3.8, 4) is 5.75 Å². The van der Waals surface area contributed by atoms with Crippen molar-refractivity contribution in [2.45, 2.75) is 6.54 Å². The lowest BCUT2D eigenvalue weighted by Gasteiger charge is -2.19. The minimum absolute atomic E-state index is 0.357. The van der Waals surface area contributed by atoms with E-state index in [0.717, 1.165) is 11.8 Å². The highest BCUT2D eigenvalue weighted by Gasteiger charge is 2.15. The maximum absolute atomic E-state index is 10.6. The predicted octanol–water partition coefficient (Wildman–Crippen LogP) is 1.27. The van der Waals surface area contributed by atoms with Gasteiger partial charge in [-0.1, -0.05) is 12.1 Å². The first-order chi connectivity index (χ1) is 6.31. The van der Waals surface area contributed by atoms with Crippen LogP contribution in [0.1, 0.15) is 15.9 Å². The van der Waals surface area contributed by atoms with E-state index < -0.39 is 0 Å². The molecular formula is C9H7NO2S. The molecule has 1 aliphatic rings. The molecule has 0 amide bonds. The van der Waals surface area contributed by atoms with Gasteiger partial charge in [0, 0.05) is 17.7 Å². The summed E-state index contributed by atoms with van der Waals surface area (Å²) in [6, 6.07) is 5.33. The summed E-state index contributed by atoms with van der Waals surface area (Å²) in [5.41, 5.74) is 1.51. The molecular weight excluding hydrogens is 186 g/mol. The van der Waals surface area contributed by atoms with Crippen molar-refractivity contribution in [3.05, 3.63) is 29.3 Å². The quantitative estimate of drug-likeness (QED) is 0.538. The third-order valence-electron chi connectivity index (χ3n) is 1.91. The molecule has 0 spiro atoms. The van der Waals surface area contributed by atoms with Crippen molar-refractivity contribution in [2.24, 2.45) is 0 Å². The molecule has 0 aromatic heterocycles. The van der Waals surface area contributed by atoms with Gasteiger partial charge in [-0.05, 0) is 18.3 Å². The number of carbonyl (C=O) groups is 1. The van der Waals surface area contributed by atoms with Gasteiger partial charge in [0.2, 0.25) is 0 Å². The molecule has 2 rings (SSSR count). The molecule has 1 aromatic carbocycles. The molecule has 0 saturated heterocycles. The molecule has 66 valence electrons. The zero-order valence-electron chi connectivity index (χ0n) is 6.74. The fourth-order valence-corrected chi connectivity index (χ4v) is 1.44. The van der Waals surface area contributed by atoms with Crippen LogP contribution in [0.5, 0.6) is 5.75 Å². The lowest BCUT2D eigenvalue weighted by molar-refractivity contribution is 0.112. The van der Waals surface area contributed by atoms with Crippen LogP contribution in [0.4, 0.5) is 0 Å². The third-order valence-corrected chi connectivity index (χ3v) is 2.14. The highest BCUT2D eigenvalue weighted by Crippen LogP contribution is 2.24. The Morgan fingerprint density at radius 3 is 3.15 bits per heavy atom. The predicted molar refractivity (Wildman–Crippen MR) is 51.9 cm³/mol. The minimum Gasteiger partial charge on any atom is -0.432 e. The molecule has 0 unspecified atom stereocenters. The van der Waals surface area contributed by atoms with E-state index in [1.54, 1.807) is 18.2 Å². The molecule has 0 saturated carbocycles. The molecule has 1 aromatic rings. The Morgan fingerprint density at radius 1 is 1.54 bits per heavy atom. The van der Waals surface area contributed by atoms with Gasteiger partial charge in [0.15, 0.2) is 6.29 Å². The minimum atomic E-state index is 0.357. The van der Waals surface area contributed by atoms with Gasteiger partial charge >= 0.3 is 0 Å². The van der Waals surface area contributed by atoms with Crippen LogP contribution in [0, 0.1) is 0 Å². The van der Waals surface area contributed by atoms with Gasteiger partial charge in [0.05, 0.1) is 0 Å². The van der Waals surface area contributed by atoms with E-state index >= 15 is 0 Å². The maximum atomic E-state index is 10.6. The molecule has 0 bridgehead atoms. The van der Waals surface area contributed by atoms with Gasteiger partial charge in [0.1, 0.15) is 5.75 Å². The Balaban J connectivity index is 2.51. The van der Waals surface area contributed by atoms with Crippen LogP contribution in [-0.2, 0) is 6.54 Å². The Labute approximate surface area is 80.7 Å². The van der Waals surface area contributed by atoms with Crippen molar-refractivity contribution in [1.82, 2.24) is 5.32 Å². The number of aldehydes is 1. The number of nitrogens with one attached hydrogen (secondary N) is 1. The second-order valence-corrected chi connectivity index (χ2v) is 3.06. The van der Waals surface area contributed by atoms with Crippen LogP contribution in [0.15, 0.2) is 18.2 Å². The lowest BCUT2D eigenvalue weighted by Crippen LogP contribution is -2.31. The van der Waals surface area contributed by atoms with E-state index in [0.29, 0.717) is 23.0 Å². The number of thiocarbonyl (C=S) groups is 1. The summed E-state index contributed by atoms with van der Waals surface area (Å²) >= 11 is 4.84. The smallest absolute Gasteiger partial charge is 0.262 e. The average Bonchev–Trinajstić information content (AvgIpc) is 2.16. The van der Waals surface area contributed by atoms with Crippen LogP contribution in [0.2, 0.25) is 0 Å². The van der Waals surface area contributed by atoms with E-state index in [1.807, 2.05) is 0 Å². The number of benzene rings is 1. The fraction of sp³-hybridized carbons (Fsp3) is 0.111. The molecule has 0 fully saturated rings. The van der Waals surface area contributed by atoms with E-state index in [9.17, 15) is 4.79 Å². The first-order valence-electron chi connectivity index (χ1n) is 3.84. The zero-order chi connectivity index (χ0) is 9.26. The van der Waals surface area contributed by atoms with Crippen LogP contribution >= 0.6 is 12.2 Å². The van der Waals surface area contributed by atoms with Gasteiger partial charge < -0.3 is 10.1 Å². The van der Waals surface area contributed by atoms with Crippen molar-refractivity contribution in [3.63, 3.8) is 0 Å². The number of hydrogen-bond acceptors (Lipinski definition) is 3. The second-order valence-electron chi connectivity index (χ2n) is 2.68. The first-order valence-corrected chi connectivity index (χ1v) is 4.25. The van der Waals surface area contributed by atoms with E-state index in [2.05, 4.69) is 5.32 Å². The van der Waals surface area contributed by atoms with Gasteiger partial charge in [-0.3, -0.25) is 4.79 Å². The summed E-state index contributed by atoms with van der Waals surface area (Å²) in [6.45, 7) is 0.559. The monoisotopic (exact) mass is 193 g/mol. The second kappa shape index (κ2) is 3.14. The van der Waals surface area contributed by atoms with Crippen molar-refractivity contribution >= 4 is 23.7 Å². The first kappa shape index (κ1) is 8.19. The Kier molecular flexibility index (Phi) is 1.98. The van der Waals surface area contributed by atoms with Crippen molar-refractivity contribution in [1.29, 1.82) is 0 Å².